The van der Waals surface area contributed by atoms with Crippen molar-refractivity contribution >= 4 is 17.7 Å². The fourth-order valence-electron chi connectivity index (χ4n) is 1.20. The van der Waals surface area contributed by atoms with E-state index in [1.807, 2.05) is 0 Å². The van der Waals surface area contributed by atoms with E-state index in [1.54, 1.807) is 31.2 Å². The van der Waals surface area contributed by atoms with Crippen molar-refractivity contribution in [1.29, 1.82) is 0 Å². The molecule has 0 aliphatic heterocycles. The molecule has 5 heteroatoms. The first-order chi connectivity index (χ1) is 8.17. The molecule has 1 aromatic heterocycles. The van der Waals surface area contributed by atoms with Gasteiger partial charge in [-0.3, -0.25) is 4.79 Å². The molecule has 0 aliphatic rings. The Morgan fingerprint density at radius 1 is 1.53 bits per heavy atom. The maximum atomic E-state index is 11.1. The van der Waals surface area contributed by atoms with Gasteiger partial charge in [0.1, 0.15) is 0 Å². The molecule has 0 bridgehead atoms. The highest BCUT2D eigenvalue weighted by atomic mass is 16.5. The molecule has 0 aliphatic carbocycles. The van der Waals surface area contributed by atoms with E-state index in [0.717, 1.165) is 0 Å². The number of ether oxygens (including phenoxy) is 2. The van der Waals surface area contributed by atoms with E-state index in [0.29, 0.717) is 23.9 Å². The summed E-state index contributed by atoms with van der Waals surface area (Å²) in [4.78, 5) is 15.2. The fourth-order valence-corrected chi connectivity index (χ4v) is 1.20. The molecule has 5 nitrogen and oxygen atoms in total. The Balaban J connectivity index is 2.67. The average molecular weight is 236 g/mol. The minimum Gasteiger partial charge on any atom is -0.481 e. The summed E-state index contributed by atoms with van der Waals surface area (Å²) < 4.78 is 9.77. The topological polar surface area (TPSA) is 74.4 Å². The lowest BCUT2D eigenvalue weighted by molar-refractivity contribution is -0.142. The van der Waals surface area contributed by atoms with Crippen LogP contribution in [-0.4, -0.2) is 24.7 Å². The largest absolute Gasteiger partial charge is 0.481 e. The van der Waals surface area contributed by atoms with E-state index >= 15 is 0 Å². The standard InChI is InChI=1S/C12H16N2O3/c1-3-17-12(15)6-4-5-10-9(13)7-8-11(14-10)16-2/h4-5,7-8H,3,6,13H2,1-2H3. The second-order valence-corrected chi connectivity index (χ2v) is 3.24. The molecule has 0 amide bonds. The first kappa shape index (κ1) is 13.0. The van der Waals surface area contributed by atoms with Gasteiger partial charge >= 0.3 is 5.97 Å². The third-order valence-corrected chi connectivity index (χ3v) is 2.01. The summed E-state index contributed by atoms with van der Waals surface area (Å²) in [5, 5.41) is 0. The molecule has 17 heavy (non-hydrogen) atoms. The van der Waals surface area contributed by atoms with E-state index in [9.17, 15) is 4.79 Å². The summed E-state index contributed by atoms with van der Waals surface area (Å²) in [6.07, 6.45) is 3.54. The van der Waals surface area contributed by atoms with Crippen LogP contribution in [0.5, 0.6) is 5.88 Å². The van der Waals surface area contributed by atoms with Gasteiger partial charge in [-0.25, -0.2) is 4.98 Å². The van der Waals surface area contributed by atoms with Crippen LogP contribution in [0.2, 0.25) is 0 Å². The van der Waals surface area contributed by atoms with Crippen molar-refractivity contribution in [1.82, 2.24) is 4.98 Å². The lowest BCUT2D eigenvalue weighted by Crippen LogP contribution is -2.01. The molecule has 0 saturated carbocycles. The highest BCUT2D eigenvalue weighted by Crippen LogP contribution is 2.16. The van der Waals surface area contributed by atoms with E-state index in [2.05, 4.69) is 4.98 Å². The van der Waals surface area contributed by atoms with Crippen molar-refractivity contribution in [2.45, 2.75) is 13.3 Å². The van der Waals surface area contributed by atoms with Gasteiger partial charge in [-0.15, -0.1) is 0 Å². The third-order valence-electron chi connectivity index (χ3n) is 2.01. The first-order valence-corrected chi connectivity index (χ1v) is 5.30. The van der Waals surface area contributed by atoms with Gasteiger partial charge in [0.15, 0.2) is 0 Å². The molecule has 0 fully saturated rings. The number of hydrogen-bond donors (Lipinski definition) is 1. The number of esters is 1. The normalized spacial score (nSPS) is 10.5. The van der Waals surface area contributed by atoms with Crippen molar-refractivity contribution in [3.8, 4) is 5.88 Å². The van der Waals surface area contributed by atoms with E-state index < -0.39 is 0 Å². The van der Waals surface area contributed by atoms with Crippen molar-refractivity contribution in [2.24, 2.45) is 0 Å². The zero-order valence-corrected chi connectivity index (χ0v) is 9.97. The van der Waals surface area contributed by atoms with Crippen LogP contribution >= 0.6 is 0 Å². The summed E-state index contributed by atoms with van der Waals surface area (Å²) in [5.74, 6) is 0.209. The van der Waals surface area contributed by atoms with Crippen LogP contribution in [0.25, 0.3) is 6.08 Å². The zero-order valence-electron chi connectivity index (χ0n) is 9.97. The van der Waals surface area contributed by atoms with Crippen LogP contribution < -0.4 is 10.5 Å². The van der Waals surface area contributed by atoms with Crippen molar-refractivity contribution in [3.63, 3.8) is 0 Å². The van der Waals surface area contributed by atoms with Gasteiger partial charge in [-0.2, -0.15) is 0 Å². The zero-order chi connectivity index (χ0) is 12.7. The van der Waals surface area contributed by atoms with Gasteiger partial charge in [-0.05, 0) is 19.1 Å². The number of hydrogen-bond acceptors (Lipinski definition) is 5. The molecular formula is C12H16N2O3. The van der Waals surface area contributed by atoms with E-state index in [1.165, 1.54) is 7.11 Å². The van der Waals surface area contributed by atoms with Crippen molar-refractivity contribution < 1.29 is 14.3 Å². The van der Waals surface area contributed by atoms with Crippen LogP contribution in [0.15, 0.2) is 18.2 Å². The number of rotatable bonds is 5. The molecule has 1 aromatic rings. The van der Waals surface area contributed by atoms with Gasteiger partial charge in [-0.1, -0.05) is 6.08 Å². The first-order valence-electron chi connectivity index (χ1n) is 5.30. The fraction of sp³-hybridized carbons (Fsp3) is 0.333. The molecule has 92 valence electrons. The monoisotopic (exact) mass is 236 g/mol. The van der Waals surface area contributed by atoms with Crippen LogP contribution in [0, 0.1) is 0 Å². The average Bonchev–Trinajstić information content (AvgIpc) is 2.32. The third kappa shape index (κ3) is 4.14. The van der Waals surface area contributed by atoms with Gasteiger partial charge in [0.05, 0.1) is 31.5 Å². The Morgan fingerprint density at radius 3 is 2.94 bits per heavy atom. The molecule has 2 N–H and O–H groups in total. The number of aromatic nitrogens is 1. The molecule has 0 saturated heterocycles. The molecular weight excluding hydrogens is 220 g/mol. The number of anilines is 1. The minimum absolute atomic E-state index is 0.201. The molecule has 1 rings (SSSR count). The van der Waals surface area contributed by atoms with Crippen LogP contribution in [0.4, 0.5) is 5.69 Å². The van der Waals surface area contributed by atoms with Crippen LogP contribution in [0.1, 0.15) is 19.0 Å². The molecule has 0 spiro atoms. The number of nitrogens with two attached hydrogens (primary N) is 1. The summed E-state index contributed by atoms with van der Waals surface area (Å²) in [6.45, 7) is 2.15. The molecule has 0 aromatic carbocycles. The van der Waals surface area contributed by atoms with Gasteiger partial charge in [0.25, 0.3) is 0 Å². The lowest BCUT2D eigenvalue weighted by Gasteiger charge is -2.03. The highest BCUT2D eigenvalue weighted by molar-refractivity contribution is 5.73. The predicted molar refractivity (Wildman–Crippen MR) is 65.5 cm³/mol. The molecule has 0 radical (unpaired) electrons. The van der Waals surface area contributed by atoms with Crippen LogP contribution in [0.3, 0.4) is 0 Å². The van der Waals surface area contributed by atoms with Crippen molar-refractivity contribution in [3.05, 3.63) is 23.9 Å². The quantitative estimate of drug-likeness (QED) is 0.786. The maximum absolute atomic E-state index is 11.1. The summed E-state index contributed by atoms with van der Waals surface area (Å²) in [6, 6.07) is 3.38. The van der Waals surface area contributed by atoms with Gasteiger partial charge < -0.3 is 15.2 Å². The minimum atomic E-state index is -0.273. The van der Waals surface area contributed by atoms with Crippen LogP contribution in [-0.2, 0) is 9.53 Å². The molecule has 1 heterocycles. The summed E-state index contributed by atoms with van der Waals surface area (Å²) in [7, 11) is 1.53. The number of nitrogens with zero attached hydrogens (tertiary/aromatic N) is 1. The second kappa shape index (κ2) is 6.52. The Hall–Kier alpha value is -2.04. The Bertz CT molecular complexity index is 416. The Morgan fingerprint density at radius 2 is 2.29 bits per heavy atom. The summed E-state index contributed by atoms with van der Waals surface area (Å²) >= 11 is 0. The molecule has 0 unspecified atom stereocenters. The van der Waals surface area contributed by atoms with Gasteiger partial charge in [0.2, 0.25) is 5.88 Å². The number of pyridine rings is 1. The Kier molecular flexibility index (Phi) is 5.00. The predicted octanol–water partition coefficient (Wildman–Crippen LogP) is 1.64. The van der Waals surface area contributed by atoms with E-state index in [4.69, 9.17) is 15.2 Å². The summed E-state index contributed by atoms with van der Waals surface area (Å²) in [5.41, 5.74) is 6.84. The molecule has 0 atom stereocenters. The maximum Gasteiger partial charge on any atom is 0.309 e. The number of carbonyl (C=O) groups is 1. The SMILES string of the molecule is CCOC(=O)CC=Cc1nc(OC)ccc1N. The number of methoxy groups -OCH3 is 1. The number of nitrogen functional groups attached to an aromatic ring is 1. The Labute approximate surface area is 100 Å². The highest BCUT2D eigenvalue weighted by Gasteiger charge is 2.01. The smallest absolute Gasteiger partial charge is 0.309 e. The number of carbonyl (C=O) groups excluding carboxylic acids is 1. The second-order valence-electron chi connectivity index (χ2n) is 3.24. The lowest BCUT2D eigenvalue weighted by atomic mass is 10.2. The van der Waals surface area contributed by atoms with Gasteiger partial charge in [0, 0.05) is 6.07 Å². The van der Waals surface area contributed by atoms with E-state index in [-0.39, 0.29) is 12.4 Å². The van der Waals surface area contributed by atoms with Crippen molar-refractivity contribution in [2.75, 3.05) is 19.5 Å².